The highest BCUT2D eigenvalue weighted by Gasteiger charge is 2.31. The molecule has 3 atom stereocenters. The van der Waals surface area contributed by atoms with Gasteiger partial charge in [-0.1, -0.05) is 0 Å². The summed E-state index contributed by atoms with van der Waals surface area (Å²) in [7, 11) is 0. The summed E-state index contributed by atoms with van der Waals surface area (Å²) < 4.78 is 31.4. The van der Waals surface area contributed by atoms with E-state index in [0.29, 0.717) is 0 Å². The Labute approximate surface area is 266 Å². The van der Waals surface area contributed by atoms with E-state index in [1.54, 1.807) is 83.1 Å². The van der Waals surface area contributed by atoms with E-state index in [0.717, 1.165) is 0 Å². The predicted octanol–water partition coefficient (Wildman–Crippen LogP) is 4.31. The molecule has 0 rings (SSSR count). The van der Waals surface area contributed by atoms with E-state index >= 15 is 0 Å². The Morgan fingerprint density at radius 3 is 1.22 bits per heavy atom. The van der Waals surface area contributed by atoms with Gasteiger partial charge in [0.1, 0.15) is 47.2 Å². The Balaban J connectivity index is 5.46. The lowest BCUT2D eigenvalue weighted by Gasteiger charge is -2.25. The highest BCUT2D eigenvalue weighted by Crippen LogP contribution is 2.14. The van der Waals surface area contributed by atoms with Gasteiger partial charge in [-0.25, -0.2) is 19.2 Å². The van der Waals surface area contributed by atoms with Gasteiger partial charge in [-0.05, 0) is 103 Å². The van der Waals surface area contributed by atoms with Crippen molar-refractivity contribution in [1.29, 1.82) is 0 Å². The zero-order valence-electron chi connectivity index (χ0n) is 28.9. The summed E-state index contributed by atoms with van der Waals surface area (Å²) >= 11 is 0. The molecule has 0 aromatic heterocycles. The molecule has 2 N–H and O–H groups in total. The Morgan fingerprint density at radius 2 is 0.889 bits per heavy atom. The van der Waals surface area contributed by atoms with E-state index in [4.69, 9.17) is 28.4 Å². The SMILES string of the molecule is [CH2]C(COC(=O)[C@H](CCC(=O)OC(C)(C)C)NC(=O)OC(C)(C)C)OC(=O)[C@H](CCC(=O)OC(C)(C)C)NC(=O)OC(C)(C)C. The average molecular weight is 646 g/mol. The van der Waals surface area contributed by atoms with E-state index in [1.807, 2.05) is 0 Å². The number of carbonyl (C=O) groups excluding carboxylic acids is 6. The molecule has 1 radical (unpaired) electrons. The Morgan fingerprint density at radius 1 is 0.556 bits per heavy atom. The molecule has 1 unspecified atom stereocenters. The van der Waals surface area contributed by atoms with Crippen LogP contribution in [0.3, 0.4) is 0 Å². The van der Waals surface area contributed by atoms with Gasteiger partial charge in [0.15, 0.2) is 0 Å². The molecule has 0 aliphatic rings. The van der Waals surface area contributed by atoms with Crippen LogP contribution in [0.5, 0.6) is 0 Å². The van der Waals surface area contributed by atoms with Crippen molar-refractivity contribution in [2.75, 3.05) is 6.61 Å². The maximum Gasteiger partial charge on any atom is 0.408 e. The highest BCUT2D eigenvalue weighted by atomic mass is 16.6. The predicted molar refractivity (Wildman–Crippen MR) is 163 cm³/mol. The van der Waals surface area contributed by atoms with Crippen molar-refractivity contribution in [3.05, 3.63) is 6.92 Å². The Kier molecular flexibility index (Phi) is 15.8. The molecule has 0 aliphatic heterocycles. The largest absolute Gasteiger partial charge is 0.460 e. The van der Waals surface area contributed by atoms with Crippen LogP contribution >= 0.6 is 0 Å². The van der Waals surface area contributed by atoms with Crippen LogP contribution in [0.2, 0.25) is 0 Å². The molecule has 0 aromatic rings. The van der Waals surface area contributed by atoms with Gasteiger partial charge in [-0.15, -0.1) is 0 Å². The maximum absolute atomic E-state index is 13.0. The molecule has 0 aliphatic carbocycles. The number of ether oxygens (including phenoxy) is 6. The molecule has 0 heterocycles. The van der Waals surface area contributed by atoms with E-state index in [1.165, 1.54) is 0 Å². The number of hydrogen-bond donors (Lipinski definition) is 2. The molecule has 0 saturated heterocycles. The lowest BCUT2D eigenvalue weighted by molar-refractivity contribution is -0.161. The highest BCUT2D eigenvalue weighted by molar-refractivity contribution is 5.83. The van der Waals surface area contributed by atoms with Gasteiger partial charge in [0.25, 0.3) is 0 Å². The summed E-state index contributed by atoms with van der Waals surface area (Å²) in [6, 6.07) is -2.62. The number of rotatable bonds is 13. The van der Waals surface area contributed by atoms with Crippen molar-refractivity contribution in [3.63, 3.8) is 0 Å². The fourth-order valence-electron chi connectivity index (χ4n) is 3.26. The first-order chi connectivity index (χ1) is 20.2. The summed E-state index contributed by atoms with van der Waals surface area (Å²) in [5, 5.41) is 4.76. The smallest absolute Gasteiger partial charge is 0.408 e. The van der Waals surface area contributed by atoms with Crippen molar-refractivity contribution in [2.45, 2.75) is 149 Å². The number of alkyl carbamates (subject to hydrolysis) is 2. The third-order valence-corrected chi connectivity index (χ3v) is 4.76. The van der Waals surface area contributed by atoms with E-state index in [2.05, 4.69) is 17.6 Å². The van der Waals surface area contributed by atoms with Crippen LogP contribution in [0.15, 0.2) is 0 Å². The van der Waals surface area contributed by atoms with Crippen molar-refractivity contribution in [3.8, 4) is 0 Å². The lowest BCUT2D eigenvalue weighted by Crippen LogP contribution is -2.46. The molecule has 14 heteroatoms. The zero-order valence-corrected chi connectivity index (χ0v) is 28.9. The number of amides is 2. The molecule has 45 heavy (non-hydrogen) atoms. The summed E-state index contributed by atoms with van der Waals surface area (Å²) in [5.41, 5.74) is -3.22. The second kappa shape index (κ2) is 17.2. The number of esters is 4. The molecule has 0 bridgehead atoms. The van der Waals surface area contributed by atoms with Gasteiger partial charge in [-0.3, -0.25) is 9.59 Å². The van der Waals surface area contributed by atoms with E-state index < -0.39 is 83.3 Å². The minimum atomic E-state index is -1.32. The standard InChI is InChI=1S/C31H53N2O12/c1-19(41-25(37)21(33-27(39)45-31(11,12)13)15-17-23(35)43-29(5,6)7)18-40-24(36)20(32-26(38)44-30(8,9)10)14-16-22(34)42-28(2,3)4/h19-21H,1,14-18H2,2-13H3,(H,32,38)(H,33,39)/t19?,20-,21-/m0/s1. The van der Waals surface area contributed by atoms with Crippen LogP contribution in [-0.4, -0.2) is 83.3 Å². The monoisotopic (exact) mass is 645 g/mol. The third kappa shape index (κ3) is 22.6. The molecular formula is C31H53N2O12. The van der Waals surface area contributed by atoms with Gasteiger partial charge >= 0.3 is 36.1 Å². The maximum atomic E-state index is 13.0. The topological polar surface area (TPSA) is 182 Å². The summed E-state index contributed by atoms with van der Waals surface area (Å²) in [6.45, 7) is 23.1. The van der Waals surface area contributed by atoms with Crippen molar-refractivity contribution >= 4 is 36.1 Å². The van der Waals surface area contributed by atoms with Gasteiger partial charge in [0.05, 0.1) is 0 Å². The average Bonchev–Trinajstić information content (AvgIpc) is 2.78. The third-order valence-electron chi connectivity index (χ3n) is 4.76. The normalized spacial score (nSPS) is 14.2. The van der Waals surface area contributed by atoms with Crippen LogP contribution in [0.4, 0.5) is 9.59 Å². The van der Waals surface area contributed by atoms with Gasteiger partial charge in [0.2, 0.25) is 0 Å². The summed E-state index contributed by atoms with van der Waals surface area (Å²) in [4.78, 5) is 75.0. The fraction of sp³-hybridized carbons (Fsp3) is 0.774. The fourth-order valence-corrected chi connectivity index (χ4v) is 3.26. The Hall–Kier alpha value is -3.58. The van der Waals surface area contributed by atoms with Crippen molar-refractivity contribution in [2.24, 2.45) is 0 Å². The van der Waals surface area contributed by atoms with Crippen LogP contribution in [0.1, 0.15) is 109 Å². The first-order valence-corrected chi connectivity index (χ1v) is 14.8. The Bertz CT molecular complexity index is 1030. The second-order valence-corrected chi connectivity index (χ2v) is 14.3. The first-order valence-electron chi connectivity index (χ1n) is 14.8. The molecule has 0 saturated carbocycles. The minimum Gasteiger partial charge on any atom is -0.460 e. The quantitative estimate of drug-likeness (QED) is 0.214. The van der Waals surface area contributed by atoms with E-state index in [-0.39, 0.29) is 25.7 Å². The van der Waals surface area contributed by atoms with Crippen molar-refractivity contribution < 1.29 is 57.2 Å². The molecule has 0 spiro atoms. The molecule has 14 nitrogen and oxygen atoms in total. The first kappa shape index (κ1) is 41.4. The van der Waals surface area contributed by atoms with Gasteiger partial charge in [-0.2, -0.15) is 0 Å². The molecule has 259 valence electrons. The summed E-state index contributed by atoms with van der Waals surface area (Å²) in [6.07, 6.45) is -3.86. The number of nitrogens with one attached hydrogen (secondary N) is 2. The summed E-state index contributed by atoms with van der Waals surface area (Å²) in [5.74, 6) is -3.09. The van der Waals surface area contributed by atoms with Crippen LogP contribution < -0.4 is 10.6 Å². The second-order valence-electron chi connectivity index (χ2n) is 14.3. The van der Waals surface area contributed by atoms with Gasteiger partial charge in [0, 0.05) is 12.8 Å². The number of hydrogen-bond acceptors (Lipinski definition) is 12. The van der Waals surface area contributed by atoms with Crippen molar-refractivity contribution in [1.82, 2.24) is 10.6 Å². The number of carbonyl (C=O) groups is 6. The molecule has 2 amide bonds. The minimum absolute atomic E-state index is 0.166. The molecular weight excluding hydrogens is 592 g/mol. The van der Waals surface area contributed by atoms with Crippen LogP contribution in [0, 0.1) is 6.92 Å². The van der Waals surface area contributed by atoms with Gasteiger partial charge < -0.3 is 39.1 Å². The lowest BCUT2D eigenvalue weighted by atomic mass is 10.1. The molecule has 0 fully saturated rings. The van der Waals surface area contributed by atoms with Crippen LogP contribution in [-0.2, 0) is 47.6 Å². The van der Waals surface area contributed by atoms with E-state index in [9.17, 15) is 28.8 Å². The van der Waals surface area contributed by atoms with Crippen LogP contribution in [0.25, 0.3) is 0 Å². The zero-order chi connectivity index (χ0) is 35.4. The molecule has 0 aromatic carbocycles.